The lowest BCUT2D eigenvalue weighted by atomic mass is 10.2. The van der Waals surface area contributed by atoms with E-state index in [-0.39, 0.29) is 5.91 Å². The third-order valence-electron chi connectivity index (χ3n) is 4.18. The Balaban J connectivity index is 1.72. The fourth-order valence-electron chi connectivity index (χ4n) is 2.81. The molecule has 0 unspecified atom stereocenters. The van der Waals surface area contributed by atoms with E-state index in [9.17, 15) is 4.79 Å². The summed E-state index contributed by atoms with van der Waals surface area (Å²) in [5.74, 6) is 1.11. The number of nitrogens with one attached hydrogen (secondary N) is 1. The largest absolute Gasteiger partial charge is 0.497 e. The van der Waals surface area contributed by atoms with Crippen LogP contribution < -0.4 is 10.1 Å². The predicted octanol–water partition coefficient (Wildman–Crippen LogP) is 3.67. The van der Waals surface area contributed by atoms with Crippen LogP contribution in [0.3, 0.4) is 0 Å². The molecule has 0 saturated carbocycles. The number of benzene rings is 2. The number of nitrogens with zero attached hydrogens (tertiary/aromatic N) is 2. The fourth-order valence-corrected chi connectivity index (χ4v) is 3.67. The van der Waals surface area contributed by atoms with Crippen molar-refractivity contribution in [1.82, 2.24) is 14.9 Å². The summed E-state index contributed by atoms with van der Waals surface area (Å²) in [4.78, 5) is 16.9. The zero-order valence-electron chi connectivity index (χ0n) is 16.2. The standard InChI is InChI=1S/C21H25N3O3S/c1-3-27-14-6-13-22-20(25)15-28-21-23-18-7-4-5-8-19(18)24(21)16-9-11-17(26-2)12-10-16/h4-5,7-12H,3,6,13-15H2,1-2H3,(H,22,25). The molecule has 3 aromatic rings. The SMILES string of the molecule is CCOCCCNC(=O)CSc1nc2ccccc2n1-c1ccc(OC)cc1. The van der Waals surface area contributed by atoms with Gasteiger partial charge in [0.05, 0.1) is 23.9 Å². The molecule has 1 heterocycles. The first-order valence-corrected chi connectivity index (χ1v) is 10.3. The second kappa shape index (κ2) is 10.1. The van der Waals surface area contributed by atoms with Gasteiger partial charge in [0.25, 0.3) is 0 Å². The number of methoxy groups -OCH3 is 1. The Labute approximate surface area is 169 Å². The molecule has 0 aliphatic carbocycles. The van der Waals surface area contributed by atoms with Crippen molar-refractivity contribution < 1.29 is 14.3 Å². The summed E-state index contributed by atoms with van der Waals surface area (Å²) < 4.78 is 12.6. The second-order valence-corrected chi connectivity index (χ2v) is 7.05. The quantitative estimate of drug-likeness (QED) is 0.416. The van der Waals surface area contributed by atoms with Gasteiger partial charge in [0.1, 0.15) is 5.75 Å². The smallest absolute Gasteiger partial charge is 0.230 e. The summed E-state index contributed by atoms with van der Waals surface area (Å²) in [6.45, 7) is 3.95. The summed E-state index contributed by atoms with van der Waals surface area (Å²) in [6.07, 6.45) is 0.814. The van der Waals surface area contributed by atoms with Crippen LogP contribution in [0.15, 0.2) is 53.7 Å². The average molecular weight is 400 g/mol. The average Bonchev–Trinajstić information content (AvgIpc) is 3.10. The van der Waals surface area contributed by atoms with Gasteiger partial charge in [-0.3, -0.25) is 9.36 Å². The maximum absolute atomic E-state index is 12.2. The summed E-state index contributed by atoms with van der Waals surface area (Å²) in [6, 6.07) is 15.8. The van der Waals surface area contributed by atoms with Gasteiger partial charge in [-0.1, -0.05) is 23.9 Å². The van der Waals surface area contributed by atoms with Gasteiger partial charge in [-0.2, -0.15) is 0 Å². The van der Waals surface area contributed by atoms with Gasteiger partial charge in [-0.15, -0.1) is 0 Å². The minimum atomic E-state index is -0.00478. The predicted molar refractivity (Wildman–Crippen MR) is 112 cm³/mol. The number of carbonyl (C=O) groups is 1. The van der Waals surface area contributed by atoms with Crippen LogP contribution in [-0.2, 0) is 9.53 Å². The molecular weight excluding hydrogens is 374 g/mol. The number of amides is 1. The molecule has 0 saturated heterocycles. The number of hydrogen-bond acceptors (Lipinski definition) is 5. The van der Waals surface area contributed by atoms with E-state index in [1.54, 1.807) is 7.11 Å². The van der Waals surface area contributed by atoms with Crippen molar-refractivity contribution in [2.24, 2.45) is 0 Å². The molecule has 3 rings (SSSR count). The molecule has 7 heteroatoms. The molecule has 0 atom stereocenters. The molecule has 0 spiro atoms. The first-order valence-electron chi connectivity index (χ1n) is 9.32. The number of aromatic nitrogens is 2. The van der Waals surface area contributed by atoms with Gasteiger partial charge >= 0.3 is 0 Å². The highest BCUT2D eigenvalue weighted by molar-refractivity contribution is 7.99. The highest BCUT2D eigenvalue weighted by Crippen LogP contribution is 2.28. The molecule has 1 N–H and O–H groups in total. The van der Waals surface area contributed by atoms with Crippen molar-refractivity contribution in [1.29, 1.82) is 0 Å². The van der Waals surface area contributed by atoms with E-state index in [2.05, 4.69) is 9.88 Å². The number of fused-ring (bicyclic) bond motifs is 1. The number of thioether (sulfide) groups is 1. The van der Waals surface area contributed by atoms with Crippen LogP contribution in [0.5, 0.6) is 5.75 Å². The third kappa shape index (κ3) is 5.05. The Morgan fingerprint density at radius 1 is 1.18 bits per heavy atom. The van der Waals surface area contributed by atoms with Crippen LogP contribution in [0.1, 0.15) is 13.3 Å². The Bertz CT molecular complexity index is 909. The summed E-state index contributed by atoms with van der Waals surface area (Å²) in [5, 5.41) is 3.71. The maximum Gasteiger partial charge on any atom is 0.230 e. The summed E-state index contributed by atoms with van der Waals surface area (Å²) >= 11 is 1.43. The van der Waals surface area contributed by atoms with E-state index < -0.39 is 0 Å². The van der Waals surface area contributed by atoms with Crippen LogP contribution in [-0.4, -0.2) is 48.1 Å². The van der Waals surface area contributed by atoms with Crippen LogP contribution in [0.25, 0.3) is 16.7 Å². The zero-order chi connectivity index (χ0) is 19.8. The van der Waals surface area contributed by atoms with Gasteiger partial charge in [-0.05, 0) is 49.7 Å². The summed E-state index contributed by atoms with van der Waals surface area (Å²) in [7, 11) is 1.65. The van der Waals surface area contributed by atoms with Crippen LogP contribution in [0.4, 0.5) is 0 Å². The molecule has 1 amide bonds. The van der Waals surface area contributed by atoms with E-state index >= 15 is 0 Å². The first kappa shape index (κ1) is 20.2. The van der Waals surface area contributed by atoms with Gasteiger partial charge in [0.15, 0.2) is 5.16 Å². The lowest BCUT2D eigenvalue weighted by molar-refractivity contribution is -0.118. The van der Waals surface area contributed by atoms with Crippen molar-refractivity contribution in [3.63, 3.8) is 0 Å². The first-order chi connectivity index (χ1) is 13.7. The van der Waals surface area contributed by atoms with Gasteiger partial charge < -0.3 is 14.8 Å². The molecule has 0 bridgehead atoms. The molecule has 0 radical (unpaired) electrons. The van der Waals surface area contributed by atoms with E-state index in [0.717, 1.165) is 34.0 Å². The Hall–Kier alpha value is -2.51. The molecule has 0 aliphatic rings. The van der Waals surface area contributed by atoms with Gasteiger partial charge in [0.2, 0.25) is 5.91 Å². The van der Waals surface area contributed by atoms with Crippen LogP contribution >= 0.6 is 11.8 Å². The number of imidazole rings is 1. The third-order valence-corrected chi connectivity index (χ3v) is 5.12. The normalized spacial score (nSPS) is 10.9. The van der Waals surface area contributed by atoms with Gasteiger partial charge in [-0.25, -0.2) is 4.98 Å². The molecule has 148 valence electrons. The minimum Gasteiger partial charge on any atom is -0.497 e. The topological polar surface area (TPSA) is 65.4 Å². The molecule has 0 aliphatic heterocycles. The number of carbonyl (C=O) groups excluding carboxylic acids is 1. The van der Waals surface area contributed by atoms with Crippen molar-refractivity contribution in [3.8, 4) is 11.4 Å². The van der Waals surface area contributed by atoms with Crippen molar-refractivity contribution >= 4 is 28.7 Å². The highest BCUT2D eigenvalue weighted by atomic mass is 32.2. The zero-order valence-corrected chi connectivity index (χ0v) is 17.0. The Kier molecular flexibility index (Phi) is 7.33. The minimum absolute atomic E-state index is 0.00478. The van der Waals surface area contributed by atoms with E-state index in [4.69, 9.17) is 14.5 Å². The lowest BCUT2D eigenvalue weighted by Crippen LogP contribution is -2.27. The van der Waals surface area contributed by atoms with Crippen LogP contribution in [0.2, 0.25) is 0 Å². The van der Waals surface area contributed by atoms with Crippen molar-refractivity contribution in [3.05, 3.63) is 48.5 Å². The van der Waals surface area contributed by atoms with Crippen molar-refractivity contribution in [2.75, 3.05) is 32.6 Å². The van der Waals surface area contributed by atoms with Crippen molar-refractivity contribution in [2.45, 2.75) is 18.5 Å². The number of hydrogen-bond donors (Lipinski definition) is 1. The molecule has 6 nitrogen and oxygen atoms in total. The maximum atomic E-state index is 12.2. The molecule has 2 aromatic carbocycles. The van der Waals surface area contributed by atoms with E-state index in [1.165, 1.54) is 11.8 Å². The van der Waals surface area contributed by atoms with E-state index in [1.807, 2.05) is 55.5 Å². The second-order valence-electron chi connectivity index (χ2n) is 6.11. The summed E-state index contributed by atoms with van der Waals surface area (Å²) in [5.41, 5.74) is 2.89. The number of para-hydroxylation sites is 2. The molecular formula is C21H25N3O3S. The van der Waals surface area contributed by atoms with E-state index in [0.29, 0.717) is 25.5 Å². The number of ether oxygens (including phenoxy) is 2. The highest BCUT2D eigenvalue weighted by Gasteiger charge is 2.14. The van der Waals surface area contributed by atoms with Gasteiger partial charge in [0, 0.05) is 25.4 Å². The molecule has 1 aromatic heterocycles. The Morgan fingerprint density at radius 2 is 1.96 bits per heavy atom. The van der Waals surface area contributed by atoms with Crippen LogP contribution in [0, 0.1) is 0 Å². The fraction of sp³-hybridized carbons (Fsp3) is 0.333. The molecule has 0 fully saturated rings. The lowest BCUT2D eigenvalue weighted by Gasteiger charge is -2.10. The monoisotopic (exact) mass is 399 g/mol. The number of rotatable bonds is 10. The Morgan fingerprint density at radius 3 is 2.71 bits per heavy atom. The molecule has 28 heavy (non-hydrogen) atoms.